The maximum Gasteiger partial charge on any atom is 0.338 e. The van der Waals surface area contributed by atoms with E-state index in [4.69, 9.17) is 4.74 Å². The zero-order chi connectivity index (χ0) is 20.1. The van der Waals surface area contributed by atoms with E-state index in [9.17, 15) is 14.4 Å². The normalized spacial score (nSPS) is 12.4. The first-order chi connectivity index (χ1) is 13.5. The second kappa shape index (κ2) is 8.92. The molecular weight excluding hydrogens is 380 g/mol. The number of esters is 1. The summed E-state index contributed by atoms with van der Waals surface area (Å²) in [7, 11) is 1.27. The molecule has 0 aliphatic carbocycles. The van der Waals surface area contributed by atoms with Crippen LogP contribution in [0.4, 0.5) is 5.82 Å². The number of amides is 2. The number of carbonyl (C=O) groups excluding carboxylic acids is 3. The number of benzene rings is 1. The molecule has 2 N–H and O–H groups in total. The van der Waals surface area contributed by atoms with E-state index in [1.54, 1.807) is 30.0 Å². The minimum Gasteiger partial charge on any atom is -0.465 e. The highest BCUT2D eigenvalue weighted by atomic mass is 32.2. The fraction of sp³-hybridized carbons (Fsp3) is 0.368. The highest BCUT2D eigenvalue weighted by Crippen LogP contribution is 2.35. The van der Waals surface area contributed by atoms with Crippen LogP contribution >= 0.6 is 11.8 Å². The molecule has 9 heteroatoms. The summed E-state index contributed by atoms with van der Waals surface area (Å²) in [6.45, 7) is 2.58. The lowest BCUT2D eigenvalue weighted by Gasteiger charge is -2.12. The fourth-order valence-electron chi connectivity index (χ4n) is 2.92. The molecule has 1 aromatic heterocycles. The molecule has 1 aliphatic rings. The van der Waals surface area contributed by atoms with Crippen molar-refractivity contribution >= 4 is 35.4 Å². The van der Waals surface area contributed by atoms with Crippen molar-refractivity contribution in [2.24, 2.45) is 0 Å². The zero-order valence-electron chi connectivity index (χ0n) is 15.8. The largest absolute Gasteiger partial charge is 0.465 e. The Balaban J connectivity index is 1.87. The average molecular weight is 402 g/mol. The number of nitrogens with one attached hydrogen (secondary N) is 2. The Morgan fingerprint density at radius 1 is 1.21 bits per heavy atom. The lowest BCUT2D eigenvalue weighted by atomic mass is 10.1. The first kappa shape index (κ1) is 19.9. The van der Waals surface area contributed by atoms with Crippen molar-refractivity contribution < 1.29 is 19.1 Å². The summed E-state index contributed by atoms with van der Waals surface area (Å²) in [5, 5.41) is 10.1. The van der Waals surface area contributed by atoms with E-state index in [0.717, 1.165) is 23.4 Å². The second-order valence-corrected chi connectivity index (χ2v) is 7.25. The van der Waals surface area contributed by atoms with Gasteiger partial charge in [0.25, 0.3) is 5.91 Å². The Hall–Kier alpha value is -2.81. The van der Waals surface area contributed by atoms with Gasteiger partial charge < -0.3 is 15.4 Å². The lowest BCUT2D eigenvalue weighted by molar-refractivity contribution is -0.121. The van der Waals surface area contributed by atoms with Crippen LogP contribution in [0, 0.1) is 0 Å². The van der Waals surface area contributed by atoms with E-state index < -0.39 is 11.9 Å². The maximum absolute atomic E-state index is 12.9. The number of carbonyl (C=O) groups is 3. The van der Waals surface area contributed by atoms with Gasteiger partial charge in [-0.05, 0) is 18.6 Å². The first-order valence-corrected chi connectivity index (χ1v) is 10.1. The molecule has 0 saturated carbocycles. The number of nitrogens with zero attached hydrogens (tertiary/aromatic N) is 2. The van der Waals surface area contributed by atoms with E-state index in [-0.39, 0.29) is 23.6 Å². The number of hydrogen-bond acceptors (Lipinski definition) is 6. The zero-order valence-corrected chi connectivity index (χ0v) is 16.6. The Labute approximate surface area is 167 Å². The predicted octanol–water partition coefficient (Wildman–Crippen LogP) is 2.19. The molecule has 0 fully saturated rings. The summed E-state index contributed by atoms with van der Waals surface area (Å²) in [5.41, 5.74) is 2.17. The Morgan fingerprint density at radius 2 is 1.96 bits per heavy atom. The van der Waals surface area contributed by atoms with Gasteiger partial charge in [0.05, 0.1) is 23.9 Å². The van der Waals surface area contributed by atoms with Crippen LogP contribution in [-0.2, 0) is 27.6 Å². The Bertz CT molecular complexity index is 909. The van der Waals surface area contributed by atoms with Crippen LogP contribution in [0.1, 0.15) is 45.3 Å². The smallest absolute Gasteiger partial charge is 0.338 e. The van der Waals surface area contributed by atoms with Crippen LogP contribution in [-0.4, -0.2) is 41.2 Å². The third kappa shape index (κ3) is 4.19. The molecule has 0 spiro atoms. The maximum atomic E-state index is 12.9. The summed E-state index contributed by atoms with van der Waals surface area (Å²) in [6.07, 6.45) is 0.839. The van der Waals surface area contributed by atoms with Crippen molar-refractivity contribution in [1.82, 2.24) is 15.1 Å². The van der Waals surface area contributed by atoms with Crippen molar-refractivity contribution in [3.63, 3.8) is 0 Å². The molecule has 0 saturated heterocycles. The van der Waals surface area contributed by atoms with Crippen LogP contribution < -0.4 is 10.6 Å². The molecule has 2 heterocycles. The molecule has 8 nitrogen and oxygen atoms in total. The van der Waals surface area contributed by atoms with Gasteiger partial charge in [-0.25, -0.2) is 9.48 Å². The standard InChI is InChI=1S/C19H22N4O4S/c1-3-8-20-16(24)9-23-17(14-10-28-11-15(14)22-23)21-18(25)12-6-4-5-7-13(12)19(26)27-2/h4-7H,3,8-11H2,1-2H3,(H,20,24)(H,21,25). The summed E-state index contributed by atoms with van der Waals surface area (Å²) in [6, 6.07) is 6.44. The molecule has 0 radical (unpaired) electrons. The van der Waals surface area contributed by atoms with Gasteiger partial charge in [0.15, 0.2) is 0 Å². The monoisotopic (exact) mass is 402 g/mol. The first-order valence-electron chi connectivity index (χ1n) is 8.96. The molecule has 0 unspecified atom stereocenters. The molecule has 0 atom stereocenters. The molecular formula is C19H22N4O4S. The van der Waals surface area contributed by atoms with Crippen LogP contribution in [0.2, 0.25) is 0 Å². The topological polar surface area (TPSA) is 102 Å². The van der Waals surface area contributed by atoms with Gasteiger partial charge in [-0.15, -0.1) is 0 Å². The van der Waals surface area contributed by atoms with Gasteiger partial charge in [0.2, 0.25) is 5.91 Å². The fourth-order valence-corrected chi connectivity index (χ4v) is 3.96. The Morgan fingerprint density at radius 3 is 2.68 bits per heavy atom. The number of rotatable bonds is 7. The number of fused-ring (bicyclic) bond motifs is 1. The highest BCUT2D eigenvalue weighted by molar-refractivity contribution is 7.98. The molecule has 28 heavy (non-hydrogen) atoms. The SMILES string of the molecule is CCCNC(=O)Cn1nc2c(c1NC(=O)c1ccccc1C(=O)OC)CSC2. The van der Waals surface area contributed by atoms with Crippen molar-refractivity contribution in [3.8, 4) is 0 Å². The van der Waals surface area contributed by atoms with Gasteiger partial charge in [0.1, 0.15) is 12.4 Å². The van der Waals surface area contributed by atoms with E-state index in [1.807, 2.05) is 6.92 Å². The van der Waals surface area contributed by atoms with Crippen molar-refractivity contribution in [2.75, 3.05) is 19.0 Å². The van der Waals surface area contributed by atoms with Crippen molar-refractivity contribution in [2.45, 2.75) is 31.4 Å². The van der Waals surface area contributed by atoms with Gasteiger partial charge >= 0.3 is 5.97 Å². The average Bonchev–Trinajstić information content (AvgIpc) is 3.28. The van der Waals surface area contributed by atoms with E-state index in [1.165, 1.54) is 17.9 Å². The molecule has 2 amide bonds. The molecule has 1 aromatic carbocycles. The quantitative estimate of drug-likeness (QED) is 0.689. The van der Waals surface area contributed by atoms with E-state index >= 15 is 0 Å². The van der Waals surface area contributed by atoms with Gasteiger partial charge in [-0.1, -0.05) is 19.1 Å². The number of aromatic nitrogens is 2. The highest BCUT2D eigenvalue weighted by Gasteiger charge is 2.26. The van der Waals surface area contributed by atoms with E-state index in [2.05, 4.69) is 15.7 Å². The number of anilines is 1. The molecule has 2 aromatic rings. The second-order valence-electron chi connectivity index (χ2n) is 6.27. The molecule has 148 valence electrons. The van der Waals surface area contributed by atoms with Crippen LogP contribution in [0.5, 0.6) is 0 Å². The minimum absolute atomic E-state index is 0.0198. The third-order valence-corrected chi connectivity index (χ3v) is 5.26. The van der Waals surface area contributed by atoms with Crippen LogP contribution in [0.15, 0.2) is 24.3 Å². The van der Waals surface area contributed by atoms with Gasteiger partial charge in [0, 0.05) is 23.6 Å². The summed E-state index contributed by atoms with van der Waals surface area (Å²) < 4.78 is 6.28. The minimum atomic E-state index is -0.584. The van der Waals surface area contributed by atoms with Gasteiger partial charge in [-0.3, -0.25) is 9.59 Å². The third-order valence-electron chi connectivity index (χ3n) is 4.29. The summed E-state index contributed by atoms with van der Waals surface area (Å²) in [4.78, 5) is 37.0. The predicted molar refractivity (Wildman–Crippen MR) is 106 cm³/mol. The Kier molecular flexibility index (Phi) is 6.35. The van der Waals surface area contributed by atoms with Gasteiger partial charge in [-0.2, -0.15) is 16.9 Å². The number of thioether (sulfide) groups is 1. The van der Waals surface area contributed by atoms with Crippen LogP contribution in [0.3, 0.4) is 0 Å². The van der Waals surface area contributed by atoms with Crippen molar-refractivity contribution in [1.29, 1.82) is 0 Å². The van der Waals surface area contributed by atoms with Crippen molar-refractivity contribution in [3.05, 3.63) is 46.6 Å². The lowest BCUT2D eigenvalue weighted by Crippen LogP contribution is -2.29. The summed E-state index contributed by atoms with van der Waals surface area (Å²) in [5.74, 6) is 0.744. The molecule has 0 bridgehead atoms. The van der Waals surface area contributed by atoms with E-state index in [0.29, 0.717) is 18.1 Å². The number of ether oxygens (including phenoxy) is 1. The number of methoxy groups -OCH3 is 1. The molecule has 1 aliphatic heterocycles. The molecule has 3 rings (SSSR count). The summed E-state index contributed by atoms with van der Waals surface area (Å²) >= 11 is 1.70. The number of hydrogen-bond donors (Lipinski definition) is 2. The van der Waals surface area contributed by atoms with Crippen LogP contribution in [0.25, 0.3) is 0 Å².